The van der Waals surface area contributed by atoms with Gasteiger partial charge in [-0.15, -0.1) is 0 Å². The zero-order valence-electron chi connectivity index (χ0n) is 16.9. The number of para-hydroxylation sites is 2. The molecule has 0 amide bonds. The van der Waals surface area contributed by atoms with Crippen molar-refractivity contribution in [2.45, 2.75) is 25.9 Å². The number of nitrogens with zero attached hydrogens (tertiary/aromatic N) is 2. The topological polar surface area (TPSA) is 9.86 Å². The number of rotatable bonds is 2. The summed E-state index contributed by atoms with van der Waals surface area (Å²) in [4.78, 5) is 0. The lowest BCUT2D eigenvalue weighted by molar-refractivity contribution is 0.990. The van der Waals surface area contributed by atoms with Crippen molar-refractivity contribution in [3.63, 3.8) is 0 Å². The van der Waals surface area contributed by atoms with Gasteiger partial charge in [0.15, 0.2) is 0 Å². The molecule has 1 aliphatic rings. The zero-order valence-corrected chi connectivity index (χ0v) is 17.9. The molecule has 0 spiro atoms. The van der Waals surface area contributed by atoms with Crippen molar-refractivity contribution in [2.75, 3.05) is 0 Å². The molecule has 5 aromatic rings. The molecule has 0 bridgehead atoms. The molecule has 0 saturated carbocycles. The third-order valence-electron chi connectivity index (χ3n) is 6.87. The summed E-state index contributed by atoms with van der Waals surface area (Å²) in [6, 6.07) is 34.0. The van der Waals surface area contributed by atoms with Gasteiger partial charge in [0.05, 0.1) is 0 Å². The van der Waals surface area contributed by atoms with Gasteiger partial charge in [0.25, 0.3) is 8.40 Å². The average molecular weight is 393 g/mol. The second-order valence-corrected chi connectivity index (χ2v) is 12.4. The Morgan fingerprint density at radius 1 is 0.586 bits per heavy atom. The predicted molar refractivity (Wildman–Crippen MR) is 126 cm³/mol. The highest BCUT2D eigenvalue weighted by Crippen LogP contribution is 2.45. The maximum atomic E-state index is 2.75. The van der Waals surface area contributed by atoms with E-state index in [2.05, 4.69) is 107 Å². The minimum Gasteiger partial charge on any atom is -0.349 e. The Bertz CT molecular complexity index is 1280. The molecule has 29 heavy (non-hydrogen) atoms. The molecule has 3 heterocycles. The largest absolute Gasteiger partial charge is 0.349 e. The molecule has 0 saturated heterocycles. The van der Waals surface area contributed by atoms with Crippen LogP contribution in [0.3, 0.4) is 0 Å². The molecule has 0 unspecified atom stereocenters. The van der Waals surface area contributed by atoms with Gasteiger partial charge >= 0.3 is 0 Å². The Kier molecular flexibility index (Phi) is 3.48. The Morgan fingerprint density at radius 3 is 1.45 bits per heavy atom. The van der Waals surface area contributed by atoms with Crippen LogP contribution in [0.4, 0.5) is 0 Å². The normalized spacial score (nSPS) is 14.4. The van der Waals surface area contributed by atoms with Crippen LogP contribution in [0.5, 0.6) is 0 Å². The first-order valence-corrected chi connectivity index (χ1v) is 12.9. The van der Waals surface area contributed by atoms with Crippen molar-refractivity contribution in [2.24, 2.45) is 0 Å². The Labute approximate surface area is 172 Å². The van der Waals surface area contributed by atoms with E-state index in [9.17, 15) is 0 Å². The molecule has 1 aliphatic heterocycles. The lowest BCUT2D eigenvalue weighted by Gasteiger charge is -2.35. The molecule has 2 nitrogen and oxygen atoms in total. The highest BCUT2D eigenvalue weighted by Gasteiger charge is 2.42. The number of fused-ring (bicyclic) bond motifs is 9. The van der Waals surface area contributed by atoms with E-state index in [1.165, 1.54) is 44.3 Å². The number of benzene rings is 3. The van der Waals surface area contributed by atoms with Gasteiger partial charge in [0.2, 0.25) is 0 Å². The Morgan fingerprint density at radius 2 is 1.00 bits per heavy atom. The predicted octanol–water partition coefficient (Wildman–Crippen LogP) is 7.12. The van der Waals surface area contributed by atoms with E-state index in [0.717, 1.165) is 12.1 Å². The monoisotopic (exact) mass is 392 g/mol. The molecular formula is C26H24N2Si. The van der Waals surface area contributed by atoms with Crippen LogP contribution in [0.1, 0.15) is 13.8 Å². The maximum absolute atomic E-state index is 2.75. The quantitative estimate of drug-likeness (QED) is 0.283. The van der Waals surface area contributed by atoms with Crippen molar-refractivity contribution < 1.29 is 0 Å². The van der Waals surface area contributed by atoms with E-state index >= 15 is 0 Å². The van der Waals surface area contributed by atoms with Crippen molar-refractivity contribution >= 4 is 30.2 Å². The van der Waals surface area contributed by atoms with Gasteiger partial charge in [-0.25, -0.2) is 0 Å². The Balaban J connectivity index is 1.90. The second kappa shape index (κ2) is 5.98. The summed E-state index contributed by atoms with van der Waals surface area (Å²) in [6.45, 7) is 4.78. The van der Waals surface area contributed by atoms with Crippen molar-refractivity contribution in [1.29, 1.82) is 0 Å². The Hall–Kier alpha value is -3.04. The zero-order chi connectivity index (χ0) is 19.6. The van der Waals surface area contributed by atoms with Crippen LogP contribution in [0.15, 0.2) is 84.9 Å². The van der Waals surface area contributed by atoms with Crippen molar-refractivity contribution in [1.82, 2.24) is 8.47 Å². The van der Waals surface area contributed by atoms with Gasteiger partial charge in [-0.3, -0.25) is 0 Å². The lowest BCUT2D eigenvalue weighted by atomic mass is 10.0. The lowest BCUT2D eigenvalue weighted by Crippen LogP contribution is -2.49. The second-order valence-electron chi connectivity index (χ2n) is 8.08. The average Bonchev–Trinajstić information content (AvgIpc) is 3.33. The molecular weight excluding hydrogens is 368 g/mol. The van der Waals surface area contributed by atoms with Gasteiger partial charge in [-0.1, -0.05) is 74.5 Å². The van der Waals surface area contributed by atoms with Crippen LogP contribution in [-0.2, 0) is 0 Å². The smallest absolute Gasteiger partial charge is 0.272 e. The van der Waals surface area contributed by atoms with E-state index < -0.39 is 8.40 Å². The molecule has 0 aliphatic carbocycles. The van der Waals surface area contributed by atoms with Crippen LogP contribution in [0.25, 0.3) is 44.3 Å². The SMILES string of the molecule is CC[Si]1(CC)n2c(cc3ccccc32)-c2ccccc2-c2cc3ccccc3n21. The summed E-state index contributed by atoms with van der Waals surface area (Å²) >= 11 is 0. The minimum atomic E-state index is -2.11. The summed E-state index contributed by atoms with van der Waals surface area (Å²) < 4.78 is 5.51. The highest BCUT2D eigenvalue weighted by atomic mass is 28.3. The number of hydrogen-bond acceptors (Lipinski definition) is 0. The van der Waals surface area contributed by atoms with Gasteiger partial charge in [0, 0.05) is 33.5 Å². The first-order valence-electron chi connectivity index (χ1n) is 10.6. The third-order valence-corrected chi connectivity index (χ3v) is 11.8. The van der Waals surface area contributed by atoms with Gasteiger partial charge in [-0.2, -0.15) is 0 Å². The van der Waals surface area contributed by atoms with Crippen molar-refractivity contribution in [3.8, 4) is 22.5 Å². The molecule has 0 radical (unpaired) electrons. The van der Waals surface area contributed by atoms with Gasteiger partial charge < -0.3 is 8.47 Å². The maximum Gasteiger partial charge on any atom is 0.272 e. The number of hydrogen-bond donors (Lipinski definition) is 0. The molecule has 142 valence electrons. The summed E-state index contributed by atoms with van der Waals surface area (Å²) in [5.74, 6) is 0. The molecule has 6 rings (SSSR count). The fraction of sp³-hybridized carbons (Fsp3) is 0.154. The van der Waals surface area contributed by atoms with Crippen LogP contribution < -0.4 is 0 Å². The van der Waals surface area contributed by atoms with Crippen LogP contribution in [0.2, 0.25) is 12.1 Å². The minimum absolute atomic E-state index is 1.16. The fourth-order valence-electron chi connectivity index (χ4n) is 5.52. The highest BCUT2D eigenvalue weighted by molar-refractivity contribution is 6.79. The summed E-state index contributed by atoms with van der Waals surface area (Å²) in [6.07, 6.45) is 0. The van der Waals surface area contributed by atoms with Crippen LogP contribution >= 0.6 is 0 Å². The first-order chi connectivity index (χ1) is 14.3. The molecule has 2 aromatic heterocycles. The van der Waals surface area contributed by atoms with E-state index in [0.29, 0.717) is 0 Å². The summed E-state index contributed by atoms with van der Waals surface area (Å²) in [5.41, 5.74) is 8.21. The van der Waals surface area contributed by atoms with E-state index in [4.69, 9.17) is 0 Å². The van der Waals surface area contributed by atoms with Crippen molar-refractivity contribution in [3.05, 3.63) is 84.9 Å². The first kappa shape index (κ1) is 16.9. The van der Waals surface area contributed by atoms with E-state index in [1.54, 1.807) is 0 Å². The van der Waals surface area contributed by atoms with E-state index in [-0.39, 0.29) is 0 Å². The molecule has 0 N–H and O–H groups in total. The molecule has 0 fully saturated rings. The number of aromatic nitrogens is 2. The van der Waals surface area contributed by atoms with Gasteiger partial charge in [0.1, 0.15) is 0 Å². The molecule has 3 heteroatoms. The van der Waals surface area contributed by atoms with Crippen LogP contribution in [0, 0.1) is 0 Å². The summed E-state index contributed by atoms with van der Waals surface area (Å²) in [5, 5.41) is 2.69. The standard InChI is InChI=1S/C26H24N2Si/c1-3-29(4-2)27-23-15-9-5-11-19(23)17-25(27)21-13-7-8-14-22(21)26-18-20-12-6-10-16-24(20)28(26)29/h5-18H,3-4H2,1-2H3. The fourth-order valence-corrected chi connectivity index (χ4v) is 10.1. The molecule has 0 atom stereocenters. The van der Waals surface area contributed by atoms with Gasteiger partial charge in [-0.05, 0) is 47.1 Å². The van der Waals surface area contributed by atoms with E-state index in [1.807, 2.05) is 0 Å². The van der Waals surface area contributed by atoms with Crippen LogP contribution in [-0.4, -0.2) is 16.9 Å². The third kappa shape index (κ3) is 2.06. The summed E-state index contributed by atoms with van der Waals surface area (Å²) in [7, 11) is -2.11. The molecule has 3 aromatic carbocycles.